The summed E-state index contributed by atoms with van der Waals surface area (Å²) in [4.78, 5) is 11.5. The normalized spacial score (nSPS) is 30.1. The molecule has 0 saturated heterocycles. The predicted molar refractivity (Wildman–Crippen MR) is 50.9 cm³/mol. The second-order valence-corrected chi connectivity index (χ2v) is 4.85. The van der Waals surface area contributed by atoms with Gasteiger partial charge in [-0.15, -0.1) is 10.2 Å². The van der Waals surface area contributed by atoms with Gasteiger partial charge >= 0.3 is 0 Å². The van der Waals surface area contributed by atoms with Crippen LogP contribution in [-0.2, 0) is 4.79 Å². The summed E-state index contributed by atoms with van der Waals surface area (Å²) in [5, 5.41) is 11.3. The molecule has 1 heterocycles. The van der Waals surface area contributed by atoms with Gasteiger partial charge in [-0.1, -0.05) is 11.3 Å². The van der Waals surface area contributed by atoms with Crippen molar-refractivity contribution in [2.75, 3.05) is 5.32 Å². The number of hydrogen-bond donors (Lipinski definition) is 1. The molecule has 14 heavy (non-hydrogen) atoms. The van der Waals surface area contributed by atoms with Gasteiger partial charge < -0.3 is 0 Å². The molecule has 0 bridgehead atoms. The average Bonchev–Trinajstić information content (AvgIpc) is 2.56. The van der Waals surface area contributed by atoms with Crippen molar-refractivity contribution in [1.82, 2.24) is 10.2 Å². The zero-order chi connectivity index (χ0) is 10.3. The summed E-state index contributed by atoms with van der Waals surface area (Å²) in [6.45, 7) is 3.41. The summed E-state index contributed by atoms with van der Waals surface area (Å²) < 4.78 is 12.8. The van der Waals surface area contributed by atoms with Crippen LogP contribution in [0.1, 0.15) is 18.4 Å². The minimum absolute atomic E-state index is 0.302. The second kappa shape index (κ2) is 2.98. The van der Waals surface area contributed by atoms with E-state index in [-0.39, 0.29) is 5.91 Å². The quantitative estimate of drug-likeness (QED) is 0.814. The summed E-state index contributed by atoms with van der Waals surface area (Å²) in [6, 6.07) is 0. The van der Waals surface area contributed by atoms with Crippen LogP contribution in [0, 0.1) is 12.3 Å². The van der Waals surface area contributed by atoms with Gasteiger partial charge in [-0.25, -0.2) is 4.39 Å². The molecule has 1 aromatic heterocycles. The van der Waals surface area contributed by atoms with Crippen molar-refractivity contribution < 1.29 is 9.18 Å². The van der Waals surface area contributed by atoms with E-state index < -0.39 is 11.6 Å². The predicted octanol–water partition coefficient (Wildman–Crippen LogP) is 1.53. The lowest BCUT2D eigenvalue weighted by molar-refractivity contribution is -0.121. The van der Waals surface area contributed by atoms with Crippen LogP contribution < -0.4 is 5.32 Å². The summed E-state index contributed by atoms with van der Waals surface area (Å²) in [5.74, 6) is -0.304. The van der Waals surface area contributed by atoms with E-state index in [9.17, 15) is 9.18 Å². The number of hydrogen-bond acceptors (Lipinski definition) is 4. The van der Waals surface area contributed by atoms with Gasteiger partial charge in [0.25, 0.3) is 0 Å². The molecule has 2 rings (SSSR count). The molecule has 0 unspecified atom stereocenters. The SMILES string of the molecule is Cc1nnc(NC(=O)[C@]2(C)C[C@H]2F)s1. The maximum Gasteiger partial charge on any atom is 0.235 e. The number of aryl methyl sites for hydroxylation is 1. The van der Waals surface area contributed by atoms with Crippen LogP contribution in [0.3, 0.4) is 0 Å². The van der Waals surface area contributed by atoms with Gasteiger partial charge in [0.05, 0.1) is 5.41 Å². The first kappa shape index (κ1) is 9.51. The average molecular weight is 215 g/mol. The molecule has 1 aliphatic carbocycles. The summed E-state index contributed by atoms with van der Waals surface area (Å²) >= 11 is 1.28. The monoisotopic (exact) mass is 215 g/mol. The Labute approximate surface area is 84.5 Å². The van der Waals surface area contributed by atoms with Crippen LogP contribution in [0.2, 0.25) is 0 Å². The number of nitrogens with one attached hydrogen (secondary N) is 1. The summed E-state index contributed by atoms with van der Waals surface area (Å²) in [7, 11) is 0. The van der Waals surface area contributed by atoms with Gasteiger partial charge in [0.2, 0.25) is 11.0 Å². The molecule has 76 valence electrons. The Morgan fingerprint density at radius 3 is 2.79 bits per heavy atom. The van der Waals surface area contributed by atoms with Crippen LogP contribution in [0.15, 0.2) is 0 Å². The first-order chi connectivity index (χ1) is 6.52. The molecule has 0 radical (unpaired) electrons. The summed E-state index contributed by atoms with van der Waals surface area (Å²) in [6.07, 6.45) is -0.715. The Morgan fingerprint density at radius 2 is 2.36 bits per heavy atom. The molecule has 6 heteroatoms. The number of halogens is 1. The molecule has 1 aliphatic rings. The molecular formula is C8H10FN3OS. The molecule has 4 nitrogen and oxygen atoms in total. The van der Waals surface area contributed by atoms with Crippen LogP contribution in [0.25, 0.3) is 0 Å². The lowest BCUT2D eigenvalue weighted by Crippen LogP contribution is -2.23. The minimum atomic E-state index is -1.02. The molecule has 1 aromatic rings. The number of nitrogens with zero attached hydrogens (tertiary/aromatic N) is 2. The Morgan fingerprint density at radius 1 is 1.71 bits per heavy atom. The minimum Gasteiger partial charge on any atom is -0.300 e. The molecule has 1 amide bonds. The molecule has 2 atom stereocenters. The number of carbonyl (C=O) groups excluding carboxylic acids is 1. The van der Waals surface area contributed by atoms with E-state index in [0.29, 0.717) is 11.6 Å². The van der Waals surface area contributed by atoms with Crippen LogP contribution in [-0.4, -0.2) is 22.3 Å². The molecule has 0 spiro atoms. The first-order valence-corrected chi connectivity index (χ1v) is 5.09. The van der Waals surface area contributed by atoms with Crippen molar-refractivity contribution in [3.63, 3.8) is 0 Å². The number of alkyl halides is 1. The number of carbonyl (C=O) groups is 1. The lowest BCUT2D eigenvalue weighted by atomic mass is 10.1. The van der Waals surface area contributed by atoms with Gasteiger partial charge in [0, 0.05) is 0 Å². The molecule has 1 fully saturated rings. The Balaban J connectivity index is 2.02. The standard InChI is InChI=1S/C8H10FN3OS/c1-4-11-12-7(14-4)10-6(13)8(2)3-5(8)9/h5H,3H2,1-2H3,(H,10,12,13)/t5-,8-/m1/s1. The third kappa shape index (κ3) is 1.50. The Hall–Kier alpha value is -1.04. The maximum absolute atomic E-state index is 12.8. The number of aromatic nitrogens is 2. The maximum atomic E-state index is 12.8. The molecule has 0 aliphatic heterocycles. The van der Waals surface area contributed by atoms with E-state index in [1.54, 1.807) is 13.8 Å². The lowest BCUT2D eigenvalue weighted by Gasteiger charge is -2.06. The van der Waals surface area contributed by atoms with Crippen molar-refractivity contribution in [2.24, 2.45) is 5.41 Å². The third-order valence-electron chi connectivity index (χ3n) is 2.40. The van der Waals surface area contributed by atoms with E-state index >= 15 is 0 Å². The highest BCUT2D eigenvalue weighted by Gasteiger charge is 2.57. The van der Waals surface area contributed by atoms with Gasteiger partial charge in [-0.05, 0) is 20.3 Å². The fourth-order valence-corrected chi connectivity index (χ4v) is 1.72. The first-order valence-electron chi connectivity index (χ1n) is 4.28. The summed E-state index contributed by atoms with van der Waals surface area (Å²) in [5.41, 5.74) is -0.848. The molecule has 1 saturated carbocycles. The largest absolute Gasteiger partial charge is 0.300 e. The van der Waals surface area contributed by atoms with E-state index in [0.717, 1.165) is 5.01 Å². The van der Waals surface area contributed by atoms with Crippen LogP contribution >= 0.6 is 11.3 Å². The van der Waals surface area contributed by atoms with E-state index in [1.807, 2.05) is 0 Å². The van der Waals surface area contributed by atoms with Gasteiger partial charge in [0.15, 0.2) is 0 Å². The number of amides is 1. The highest BCUT2D eigenvalue weighted by Crippen LogP contribution is 2.48. The molecular weight excluding hydrogens is 205 g/mol. The van der Waals surface area contributed by atoms with Crippen LogP contribution in [0.4, 0.5) is 9.52 Å². The number of anilines is 1. The topological polar surface area (TPSA) is 54.9 Å². The van der Waals surface area contributed by atoms with Crippen molar-refractivity contribution in [3.8, 4) is 0 Å². The van der Waals surface area contributed by atoms with Crippen molar-refractivity contribution in [3.05, 3.63) is 5.01 Å². The van der Waals surface area contributed by atoms with Gasteiger partial charge in [-0.2, -0.15) is 0 Å². The molecule has 1 N–H and O–H groups in total. The van der Waals surface area contributed by atoms with Crippen LogP contribution in [0.5, 0.6) is 0 Å². The highest BCUT2D eigenvalue weighted by molar-refractivity contribution is 7.15. The van der Waals surface area contributed by atoms with Crippen molar-refractivity contribution in [2.45, 2.75) is 26.4 Å². The van der Waals surface area contributed by atoms with E-state index in [2.05, 4.69) is 15.5 Å². The number of rotatable bonds is 2. The fraction of sp³-hybridized carbons (Fsp3) is 0.625. The second-order valence-electron chi connectivity index (χ2n) is 3.67. The Kier molecular flexibility index (Phi) is 2.02. The Bertz CT molecular complexity index is 380. The zero-order valence-electron chi connectivity index (χ0n) is 7.87. The van der Waals surface area contributed by atoms with Crippen molar-refractivity contribution in [1.29, 1.82) is 0 Å². The third-order valence-corrected chi connectivity index (χ3v) is 3.15. The smallest absolute Gasteiger partial charge is 0.235 e. The van der Waals surface area contributed by atoms with E-state index in [1.165, 1.54) is 11.3 Å². The molecule has 0 aromatic carbocycles. The zero-order valence-corrected chi connectivity index (χ0v) is 8.69. The van der Waals surface area contributed by atoms with E-state index in [4.69, 9.17) is 0 Å². The van der Waals surface area contributed by atoms with Crippen molar-refractivity contribution >= 4 is 22.4 Å². The highest BCUT2D eigenvalue weighted by atomic mass is 32.1. The fourth-order valence-electron chi connectivity index (χ4n) is 1.14. The van der Waals surface area contributed by atoms with Gasteiger partial charge in [0.1, 0.15) is 11.2 Å². The van der Waals surface area contributed by atoms with Gasteiger partial charge in [-0.3, -0.25) is 10.1 Å².